The molecule has 0 bridgehead atoms. The van der Waals surface area contributed by atoms with Crippen LogP contribution in [0.15, 0.2) is 97.3 Å². The normalized spacial score (nSPS) is 11.0. The van der Waals surface area contributed by atoms with Crippen LogP contribution in [0.1, 0.15) is 0 Å². The first-order valence-electron chi connectivity index (χ1n) is 9.18. The summed E-state index contributed by atoms with van der Waals surface area (Å²) in [4.78, 5) is 7.58. The first-order chi connectivity index (χ1) is 13.8. The van der Waals surface area contributed by atoms with Crippen molar-refractivity contribution in [2.24, 2.45) is 0 Å². The molecule has 5 aromatic rings. The molecular formula is C25H17FN2. The Morgan fingerprint density at radius 1 is 0.679 bits per heavy atom. The molecular weight excluding hydrogens is 347 g/mol. The Bertz CT molecular complexity index is 1270. The van der Waals surface area contributed by atoms with Gasteiger partial charge in [0.25, 0.3) is 0 Å². The summed E-state index contributed by atoms with van der Waals surface area (Å²) in [6.07, 6.45) is 3.54. The summed E-state index contributed by atoms with van der Waals surface area (Å²) < 4.78 is 14.4. The molecule has 0 aliphatic rings. The zero-order valence-corrected chi connectivity index (χ0v) is 15.1. The highest BCUT2D eigenvalue weighted by molar-refractivity contribution is 6.01. The van der Waals surface area contributed by atoms with E-state index >= 15 is 0 Å². The monoisotopic (exact) mass is 364 g/mol. The summed E-state index contributed by atoms with van der Waals surface area (Å²) in [6, 6.07) is 27.4. The van der Waals surface area contributed by atoms with Crippen LogP contribution in [0.2, 0.25) is 0 Å². The van der Waals surface area contributed by atoms with Crippen LogP contribution in [0.25, 0.3) is 44.4 Å². The van der Waals surface area contributed by atoms with Gasteiger partial charge in [-0.1, -0.05) is 54.6 Å². The average Bonchev–Trinajstić information content (AvgIpc) is 3.19. The summed E-state index contributed by atoms with van der Waals surface area (Å²) in [6.45, 7) is 0. The standard InChI is InChI=1S/C25H17FN2/c26-23-11-4-3-9-21(23)24-16-22(25(28-24)18-12-14-27-15-13-18)20-10-5-7-17-6-1-2-8-19(17)20/h1-16,28H. The van der Waals surface area contributed by atoms with Crippen molar-refractivity contribution < 1.29 is 4.39 Å². The van der Waals surface area contributed by atoms with E-state index in [-0.39, 0.29) is 5.82 Å². The highest BCUT2D eigenvalue weighted by Crippen LogP contribution is 2.39. The molecule has 2 aromatic heterocycles. The topological polar surface area (TPSA) is 28.7 Å². The van der Waals surface area contributed by atoms with Crippen molar-refractivity contribution >= 4 is 10.8 Å². The van der Waals surface area contributed by atoms with Crippen molar-refractivity contribution in [3.8, 4) is 33.6 Å². The second-order valence-electron chi connectivity index (χ2n) is 6.71. The lowest BCUT2D eigenvalue weighted by atomic mass is 9.96. The molecule has 0 amide bonds. The highest BCUT2D eigenvalue weighted by Gasteiger charge is 2.16. The third kappa shape index (κ3) is 2.78. The summed E-state index contributed by atoms with van der Waals surface area (Å²) in [5.74, 6) is -0.241. The average molecular weight is 364 g/mol. The minimum Gasteiger partial charge on any atom is -0.354 e. The van der Waals surface area contributed by atoms with Gasteiger partial charge in [0.1, 0.15) is 5.82 Å². The van der Waals surface area contributed by atoms with Crippen molar-refractivity contribution in [2.75, 3.05) is 0 Å². The first kappa shape index (κ1) is 16.5. The quantitative estimate of drug-likeness (QED) is 0.379. The largest absolute Gasteiger partial charge is 0.354 e. The molecule has 0 radical (unpaired) electrons. The Labute approximate surface area is 162 Å². The van der Waals surface area contributed by atoms with Gasteiger partial charge in [0.2, 0.25) is 0 Å². The third-order valence-corrected chi connectivity index (χ3v) is 5.03. The van der Waals surface area contributed by atoms with Crippen LogP contribution >= 0.6 is 0 Å². The van der Waals surface area contributed by atoms with E-state index in [9.17, 15) is 4.39 Å². The minimum atomic E-state index is -0.241. The van der Waals surface area contributed by atoms with Crippen LogP contribution in [-0.2, 0) is 0 Å². The fourth-order valence-electron chi connectivity index (χ4n) is 3.70. The second kappa shape index (κ2) is 6.78. The number of hydrogen-bond donors (Lipinski definition) is 1. The van der Waals surface area contributed by atoms with Crippen LogP contribution in [0, 0.1) is 5.82 Å². The molecule has 0 fully saturated rings. The smallest absolute Gasteiger partial charge is 0.132 e. The van der Waals surface area contributed by atoms with Gasteiger partial charge in [0.15, 0.2) is 0 Å². The van der Waals surface area contributed by atoms with Gasteiger partial charge in [0.05, 0.1) is 5.69 Å². The van der Waals surface area contributed by atoms with E-state index in [1.54, 1.807) is 24.5 Å². The minimum absolute atomic E-state index is 0.241. The molecule has 2 heterocycles. The van der Waals surface area contributed by atoms with Gasteiger partial charge in [-0.25, -0.2) is 4.39 Å². The van der Waals surface area contributed by atoms with Crippen LogP contribution in [0.5, 0.6) is 0 Å². The molecule has 0 atom stereocenters. The van der Waals surface area contributed by atoms with E-state index in [0.29, 0.717) is 5.56 Å². The molecule has 134 valence electrons. The van der Waals surface area contributed by atoms with Crippen LogP contribution in [0.4, 0.5) is 4.39 Å². The number of nitrogens with one attached hydrogen (secondary N) is 1. The summed E-state index contributed by atoms with van der Waals surface area (Å²) in [5, 5.41) is 2.34. The van der Waals surface area contributed by atoms with Crippen LogP contribution in [0.3, 0.4) is 0 Å². The maximum atomic E-state index is 14.4. The molecule has 0 unspecified atom stereocenters. The fraction of sp³-hybridized carbons (Fsp3) is 0. The van der Waals surface area contributed by atoms with E-state index in [0.717, 1.165) is 28.1 Å². The van der Waals surface area contributed by atoms with Gasteiger partial charge in [-0.05, 0) is 46.7 Å². The molecule has 0 aliphatic carbocycles. The molecule has 5 rings (SSSR count). The number of pyridine rings is 1. The van der Waals surface area contributed by atoms with E-state index in [1.807, 2.05) is 36.4 Å². The summed E-state index contributed by atoms with van der Waals surface area (Å²) >= 11 is 0. The second-order valence-corrected chi connectivity index (χ2v) is 6.71. The number of aromatic amines is 1. The number of halogens is 1. The lowest BCUT2D eigenvalue weighted by Crippen LogP contribution is -1.85. The molecule has 3 heteroatoms. The van der Waals surface area contributed by atoms with Gasteiger partial charge in [-0.2, -0.15) is 0 Å². The molecule has 28 heavy (non-hydrogen) atoms. The van der Waals surface area contributed by atoms with Crippen molar-refractivity contribution in [1.29, 1.82) is 0 Å². The molecule has 0 spiro atoms. The number of benzene rings is 3. The number of nitrogens with zero attached hydrogens (tertiary/aromatic N) is 1. The molecule has 0 saturated carbocycles. The zero-order valence-electron chi connectivity index (χ0n) is 15.1. The van der Waals surface area contributed by atoms with Crippen molar-refractivity contribution in [3.05, 3.63) is 103 Å². The summed E-state index contributed by atoms with van der Waals surface area (Å²) in [7, 11) is 0. The van der Waals surface area contributed by atoms with Crippen LogP contribution < -0.4 is 0 Å². The third-order valence-electron chi connectivity index (χ3n) is 5.03. The molecule has 2 nitrogen and oxygen atoms in total. The Hall–Kier alpha value is -3.72. The molecule has 3 aromatic carbocycles. The number of hydrogen-bond acceptors (Lipinski definition) is 1. The highest BCUT2D eigenvalue weighted by atomic mass is 19.1. The number of fused-ring (bicyclic) bond motifs is 1. The van der Waals surface area contributed by atoms with Gasteiger partial charge in [-0.15, -0.1) is 0 Å². The van der Waals surface area contributed by atoms with Crippen LogP contribution in [-0.4, -0.2) is 9.97 Å². The predicted molar refractivity (Wildman–Crippen MR) is 112 cm³/mol. The van der Waals surface area contributed by atoms with Gasteiger partial charge >= 0.3 is 0 Å². The maximum absolute atomic E-state index is 14.4. The van der Waals surface area contributed by atoms with Crippen molar-refractivity contribution in [1.82, 2.24) is 9.97 Å². The number of aromatic nitrogens is 2. The SMILES string of the molecule is Fc1ccccc1-c1cc(-c2cccc3ccccc23)c(-c2ccncc2)[nH]1. The van der Waals surface area contributed by atoms with Crippen molar-refractivity contribution in [2.45, 2.75) is 0 Å². The number of rotatable bonds is 3. The Balaban J connectivity index is 1.80. The maximum Gasteiger partial charge on any atom is 0.132 e. The zero-order chi connectivity index (χ0) is 18.9. The predicted octanol–water partition coefficient (Wildman–Crippen LogP) is 6.70. The van der Waals surface area contributed by atoms with E-state index in [1.165, 1.54) is 16.8 Å². The van der Waals surface area contributed by atoms with Crippen molar-refractivity contribution in [3.63, 3.8) is 0 Å². The number of H-pyrrole nitrogens is 1. The van der Waals surface area contributed by atoms with E-state index in [4.69, 9.17) is 0 Å². The Morgan fingerprint density at radius 2 is 1.39 bits per heavy atom. The molecule has 1 N–H and O–H groups in total. The summed E-state index contributed by atoms with van der Waals surface area (Å²) in [5.41, 5.74) is 5.44. The van der Waals surface area contributed by atoms with E-state index < -0.39 is 0 Å². The Kier molecular flexibility index (Phi) is 3.99. The van der Waals surface area contributed by atoms with Gasteiger partial charge in [0, 0.05) is 34.8 Å². The van der Waals surface area contributed by atoms with Gasteiger partial charge in [-0.3, -0.25) is 4.98 Å². The molecule has 0 saturated heterocycles. The lowest BCUT2D eigenvalue weighted by molar-refractivity contribution is 0.631. The Morgan fingerprint density at radius 3 is 2.25 bits per heavy atom. The van der Waals surface area contributed by atoms with E-state index in [2.05, 4.69) is 40.3 Å². The molecule has 0 aliphatic heterocycles. The first-order valence-corrected chi connectivity index (χ1v) is 9.18. The fourth-order valence-corrected chi connectivity index (χ4v) is 3.70. The lowest BCUT2D eigenvalue weighted by Gasteiger charge is -2.08. The van der Waals surface area contributed by atoms with Gasteiger partial charge < -0.3 is 4.98 Å².